The minimum atomic E-state index is -5.45. The smallest absolute Gasteiger partial charge is 0.462 e. The highest BCUT2D eigenvalue weighted by Crippen LogP contribution is 2.47. The van der Waals surface area contributed by atoms with Crippen molar-refractivity contribution in [1.29, 1.82) is 0 Å². The first kappa shape index (κ1) is 61.3. The Labute approximate surface area is 404 Å². The Hall–Kier alpha value is -2.83. The zero-order valence-corrected chi connectivity index (χ0v) is 41.3. The van der Waals surface area contributed by atoms with Gasteiger partial charge in [-0.2, -0.15) is 0 Å². The lowest BCUT2D eigenvalue weighted by molar-refractivity contribution is -0.167. The molecule has 0 aromatic carbocycles. The molecular formula is C51H85O16P. The fourth-order valence-electron chi connectivity index (χ4n) is 7.91. The average molecular weight is 985 g/mol. The van der Waals surface area contributed by atoms with Gasteiger partial charge in [-0.05, 0) is 77.0 Å². The van der Waals surface area contributed by atoms with Crippen LogP contribution < -0.4 is 0 Å². The standard InChI is InChI=1S/C51H85O16P/c1-3-5-7-8-9-10-11-12-13-14-15-16-17-18-19-20-21-22-27-31-44(55)64-36-39-37-65-68(62,63)67-51-49(60)47(58)41(34-33-38(52)29-25-6-4-2)43(54)35-42(53)40(46(57)48(59)50(51)61)30-26-23-24-28-32-45(56)66-39/h9-10,12-13,15-16,18-19,23,26,33-34,38-43,46-54,57-61H,3-8,11,14,17,20-22,24-25,27-32,35-37H2,1-2H3,(H,62,63)/b10-9-,13-12-,16-15-,19-18-,26-23?,34-33+/t38-,39+,40-,41-,42-,43+,46+,47+,48-,49+,50+,51+/m0/s1. The van der Waals surface area contributed by atoms with Crippen LogP contribution in [0.4, 0.5) is 0 Å². The van der Waals surface area contributed by atoms with Gasteiger partial charge in [-0.15, -0.1) is 0 Å². The molecule has 1 unspecified atom stereocenters. The fraction of sp³-hybridized carbons (Fsp3) is 0.725. The van der Waals surface area contributed by atoms with Crippen LogP contribution in [0.25, 0.3) is 0 Å². The molecule has 2 rings (SSSR count). The van der Waals surface area contributed by atoms with Gasteiger partial charge < -0.3 is 55.2 Å². The Bertz CT molecular complexity index is 1600. The molecule has 390 valence electrons. The van der Waals surface area contributed by atoms with E-state index in [2.05, 4.69) is 55.5 Å². The van der Waals surface area contributed by atoms with Gasteiger partial charge in [-0.1, -0.05) is 125 Å². The lowest BCUT2D eigenvalue weighted by Crippen LogP contribution is -2.55. The number of hydrogen-bond acceptors (Lipinski definition) is 15. The Morgan fingerprint density at radius 2 is 1.37 bits per heavy atom. The van der Waals surface area contributed by atoms with E-state index in [0.29, 0.717) is 25.7 Å². The van der Waals surface area contributed by atoms with Crippen molar-refractivity contribution in [2.24, 2.45) is 11.8 Å². The molecule has 16 nitrogen and oxygen atoms in total. The summed E-state index contributed by atoms with van der Waals surface area (Å²) in [6.07, 6.45) is 17.3. The highest BCUT2D eigenvalue weighted by molar-refractivity contribution is 7.47. The summed E-state index contributed by atoms with van der Waals surface area (Å²) in [7, 11) is -5.45. The van der Waals surface area contributed by atoms with Gasteiger partial charge >= 0.3 is 19.8 Å². The predicted octanol–water partition coefficient (Wildman–Crippen LogP) is 6.66. The second-order valence-electron chi connectivity index (χ2n) is 17.9. The number of carbonyl (C=O) groups excluding carboxylic acids is 2. The van der Waals surface area contributed by atoms with Crippen molar-refractivity contribution in [3.63, 3.8) is 0 Å². The van der Waals surface area contributed by atoms with Gasteiger partial charge in [0.1, 0.15) is 31.0 Å². The number of aliphatic hydroxyl groups is 8. The lowest BCUT2D eigenvalue weighted by atomic mass is 9.83. The second kappa shape index (κ2) is 36.1. The van der Waals surface area contributed by atoms with Gasteiger partial charge in [0, 0.05) is 31.1 Å². The molecule has 17 heteroatoms. The first-order valence-electron chi connectivity index (χ1n) is 25.0. The Morgan fingerprint density at radius 3 is 2.01 bits per heavy atom. The van der Waals surface area contributed by atoms with Crippen LogP contribution in [-0.2, 0) is 32.7 Å². The van der Waals surface area contributed by atoms with E-state index in [9.17, 15) is 59.9 Å². The summed E-state index contributed by atoms with van der Waals surface area (Å²) in [5.74, 6) is -4.07. The number of rotatable bonds is 24. The van der Waals surface area contributed by atoms with Crippen LogP contribution in [-0.4, -0.2) is 132 Å². The summed E-state index contributed by atoms with van der Waals surface area (Å²) < 4.78 is 34.7. The summed E-state index contributed by atoms with van der Waals surface area (Å²) in [5, 5.41) is 90.0. The molecule has 0 radical (unpaired) electrons. The number of cyclic esters (lactones) is 1. The zero-order chi connectivity index (χ0) is 50.2. The molecule has 1 aliphatic carbocycles. The maximum atomic E-state index is 13.5. The molecule has 0 saturated heterocycles. The van der Waals surface area contributed by atoms with E-state index in [1.54, 1.807) is 12.2 Å². The normalized spacial score (nSPS) is 31.5. The van der Waals surface area contributed by atoms with E-state index in [4.69, 9.17) is 18.5 Å². The summed E-state index contributed by atoms with van der Waals surface area (Å²) >= 11 is 0. The molecule has 1 saturated carbocycles. The number of unbranched alkanes of at least 4 members (excludes halogenated alkanes) is 8. The van der Waals surface area contributed by atoms with Crippen LogP contribution in [0.15, 0.2) is 72.9 Å². The SMILES string of the molecule is CCCCC/C=C\C/C=C\C/C=C\C/C=C\CCCCCC(=O)OC[C@@H]1COP(=O)(O)O[C@H]2[C@H](O)[C@@H](O)[C@H](O)[C@@H](CC=CCCCC(=O)O1)[C@@H](O)C[C@@H](O)[C@H](/C=C/[C@@H](O)CCCCC)[C@@H](O)[C@H]2O. The number of allylic oxidation sites excluding steroid dienone is 10. The molecule has 9 N–H and O–H groups in total. The Balaban J connectivity index is 2.08. The molecule has 0 spiro atoms. The second-order valence-corrected chi connectivity index (χ2v) is 19.3. The van der Waals surface area contributed by atoms with Gasteiger partial charge in [-0.25, -0.2) is 4.57 Å². The van der Waals surface area contributed by atoms with Crippen LogP contribution in [0.2, 0.25) is 0 Å². The molecule has 1 fully saturated rings. The molecule has 0 aromatic heterocycles. The molecule has 1 aliphatic heterocycles. The van der Waals surface area contributed by atoms with Gasteiger partial charge in [0.25, 0.3) is 0 Å². The molecule has 1 heterocycles. The molecule has 2 bridgehead atoms. The Kier molecular flexibility index (Phi) is 32.6. The maximum Gasteiger partial charge on any atom is 0.472 e. The van der Waals surface area contributed by atoms with Crippen molar-refractivity contribution in [1.82, 2.24) is 0 Å². The number of aliphatic hydroxyl groups excluding tert-OH is 8. The van der Waals surface area contributed by atoms with E-state index in [0.717, 1.165) is 57.8 Å². The van der Waals surface area contributed by atoms with Crippen molar-refractivity contribution in [3.05, 3.63) is 72.9 Å². The van der Waals surface area contributed by atoms with E-state index >= 15 is 0 Å². The number of phosphoric ester groups is 1. The lowest BCUT2D eigenvalue weighted by Gasteiger charge is -2.37. The highest BCUT2D eigenvalue weighted by Gasteiger charge is 2.49. The first-order chi connectivity index (χ1) is 32.6. The van der Waals surface area contributed by atoms with Crippen molar-refractivity contribution >= 4 is 19.8 Å². The molecular weight excluding hydrogens is 900 g/mol. The van der Waals surface area contributed by atoms with E-state index in [-0.39, 0.29) is 25.7 Å². The monoisotopic (exact) mass is 985 g/mol. The molecule has 2 aliphatic rings. The molecule has 0 aromatic rings. The van der Waals surface area contributed by atoms with Crippen LogP contribution >= 0.6 is 7.82 Å². The maximum absolute atomic E-state index is 13.5. The molecule has 0 amide bonds. The minimum Gasteiger partial charge on any atom is -0.462 e. The average Bonchev–Trinajstić information content (AvgIpc) is 3.31. The van der Waals surface area contributed by atoms with Crippen LogP contribution in [0.5, 0.6) is 0 Å². The van der Waals surface area contributed by atoms with Gasteiger partial charge in [-0.3, -0.25) is 18.6 Å². The molecule has 68 heavy (non-hydrogen) atoms. The van der Waals surface area contributed by atoms with Crippen molar-refractivity contribution in [3.8, 4) is 0 Å². The number of ether oxygens (including phenoxy) is 2. The van der Waals surface area contributed by atoms with Gasteiger partial charge in [0.2, 0.25) is 0 Å². The highest BCUT2D eigenvalue weighted by atomic mass is 31.2. The zero-order valence-electron chi connectivity index (χ0n) is 40.4. The van der Waals surface area contributed by atoms with Crippen molar-refractivity contribution < 1.29 is 78.4 Å². The number of hydrogen-bond donors (Lipinski definition) is 9. The van der Waals surface area contributed by atoms with E-state index in [1.165, 1.54) is 31.4 Å². The molecule has 13 atom stereocenters. The summed E-state index contributed by atoms with van der Waals surface area (Å²) in [4.78, 5) is 36.5. The Morgan fingerprint density at radius 1 is 0.765 bits per heavy atom. The van der Waals surface area contributed by atoms with Crippen LogP contribution in [0.1, 0.15) is 149 Å². The quantitative estimate of drug-likeness (QED) is 0.0212. The van der Waals surface area contributed by atoms with Crippen LogP contribution in [0.3, 0.4) is 0 Å². The van der Waals surface area contributed by atoms with E-state index in [1.807, 2.05) is 6.92 Å². The largest absolute Gasteiger partial charge is 0.472 e. The minimum absolute atomic E-state index is 0.0681. The van der Waals surface area contributed by atoms with Crippen molar-refractivity contribution in [2.75, 3.05) is 13.2 Å². The topological polar surface area (TPSA) is 270 Å². The number of esters is 2. The fourth-order valence-corrected chi connectivity index (χ4v) is 8.89. The predicted molar refractivity (Wildman–Crippen MR) is 260 cm³/mol. The summed E-state index contributed by atoms with van der Waals surface area (Å²) in [6, 6.07) is 0. The third-order valence-corrected chi connectivity index (χ3v) is 13.1. The van der Waals surface area contributed by atoms with Gasteiger partial charge in [0.05, 0.1) is 37.1 Å². The number of carbonyl (C=O) groups is 2. The summed E-state index contributed by atoms with van der Waals surface area (Å²) in [6.45, 7) is 2.77. The number of fused-ring (bicyclic) bond motifs is 4. The van der Waals surface area contributed by atoms with Crippen molar-refractivity contribution in [2.45, 2.75) is 210 Å². The van der Waals surface area contributed by atoms with Gasteiger partial charge in [0.15, 0.2) is 6.10 Å². The van der Waals surface area contributed by atoms with Crippen LogP contribution in [0, 0.1) is 11.8 Å². The summed E-state index contributed by atoms with van der Waals surface area (Å²) in [5.41, 5.74) is 0. The number of phosphoric acid groups is 1. The van der Waals surface area contributed by atoms with E-state index < -0.39 is 112 Å². The third kappa shape index (κ3) is 25.9. The third-order valence-electron chi connectivity index (χ3n) is 12.1. The first-order valence-corrected chi connectivity index (χ1v) is 26.5.